The second kappa shape index (κ2) is 8.05. The Labute approximate surface area is 226 Å². The van der Waals surface area contributed by atoms with Crippen LogP contribution in [0.4, 0.5) is 0 Å². The number of aliphatic hydroxyl groups is 1. The quantitative estimate of drug-likeness (QED) is 0.503. The molecule has 9 atom stereocenters. The zero-order valence-corrected chi connectivity index (χ0v) is 24.2. The highest BCUT2D eigenvalue weighted by atomic mass is 16.5. The number of aromatic nitrogens is 1. The molecule has 0 aliphatic heterocycles. The molecule has 208 valence electrons. The van der Waals surface area contributed by atoms with Crippen molar-refractivity contribution in [3.05, 3.63) is 29.2 Å². The Morgan fingerprint density at radius 1 is 1.11 bits per heavy atom. The third-order valence-corrected chi connectivity index (χ3v) is 12.8. The van der Waals surface area contributed by atoms with Gasteiger partial charge in [-0.25, -0.2) is 0 Å². The summed E-state index contributed by atoms with van der Waals surface area (Å²) in [5.74, 6) is 1.31. The smallest absolute Gasteiger partial charge is 0.308 e. The highest BCUT2D eigenvalue weighted by Gasteiger charge is 2.69. The first-order valence-corrected chi connectivity index (χ1v) is 14.6. The lowest BCUT2D eigenvalue weighted by Crippen LogP contribution is -2.64. The van der Waals surface area contributed by atoms with E-state index >= 15 is 0 Å². The minimum atomic E-state index is -0.527. The first kappa shape index (κ1) is 26.3. The van der Waals surface area contributed by atoms with E-state index in [0.29, 0.717) is 0 Å². The molecule has 0 saturated heterocycles. The van der Waals surface area contributed by atoms with E-state index in [0.717, 1.165) is 56.3 Å². The van der Waals surface area contributed by atoms with Gasteiger partial charge >= 0.3 is 5.97 Å². The van der Waals surface area contributed by atoms with Crippen molar-refractivity contribution in [3.63, 3.8) is 0 Å². The van der Waals surface area contributed by atoms with Crippen LogP contribution in [0.25, 0.3) is 0 Å². The zero-order chi connectivity index (χ0) is 27.5. The van der Waals surface area contributed by atoms with Gasteiger partial charge < -0.3 is 14.4 Å². The van der Waals surface area contributed by atoms with Crippen LogP contribution in [-0.4, -0.2) is 35.7 Å². The normalized spacial score (nSPS) is 47.0. The highest BCUT2D eigenvalue weighted by Crippen LogP contribution is 2.73. The summed E-state index contributed by atoms with van der Waals surface area (Å²) in [5, 5.41) is 14.8. The minimum absolute atomic E-state index is 0.00103. The Balaban J connectivity index is 1.47. The lowest BCUT2D eigenvalue weighted by atomic mass is 9.35. The number of hydrogen-bond acceptors (Lipinski definition) is 6. The van der Waals surface area contributed by atoms with Gasteiger partial charge in [-0.1, -0.05) is 45.3 Å². The first-order chi connectivity index (χ1) is 17.8. The van der Waals surface area contributed by atoms with E-state index in [4.69, 9.17) is 9.26 Å². The number of carbonyl (C=O) groups is 2. The van der Waals surface area contributed by atoms with Crippen LogP contribution in [0.3, 0.4) is 0 Å². The van der Waals surface area contributed by atoms with Gasteiger partial charge in [0.05, 0.1) is 31.2 Å². The first-order valence-electron chi connectivity index (χ1n) is 14.6. The Morgan fingerprint density at radius 3 is 2.53 bits per heavy atom. The molecule has 1 unspecified atom stereocenters. The van der Waals surface area contributed by atoms with Crippen LogP contribution < -0.4 is 0 Å². The average Bonchev–Trinajstić information content (AvgIpc) is 3.32. The van der Waals surface area contributed by atoms with Crippen LogP contribution in [-0.2, 0) is 26.2 Å². The molecule has 6 rings (SSSR count). The van der Waals surface area contributed by atoms with Crippen molar-refractivity contribution in [2.75, 3.05) is 13.7 Å². The highest BCUT2D eigenvalue weighted by molar-refractivity contribution is 5.95. The Kier molecular flexibility index (Phi) is 5.57. The molecule has 0 bridgehead atoms. The number of carbonyl (C=O) groups excluding carboxylic acids is 2. The van der Waals surface area contributed by atoms with Crippen molar-refractivity contribution in [2.45, 2.75) is 91.9 Å². The number of fused-ring (bicyclic) bond motifs is 8. The van der Waals surface area contributed by atoms with Crippen LogP contribution >= 0.6 is 0 Å². The molecule has 0 aromatic carbocycles. The van der Waals surface area contributed by atoms with Crippen molar-refractivity contribution in [1.82, 2.24) is 5.16 Å². The second-order valence-corrected chi connectivity index (χ2v) is 15.2. The Bertz CT molecular complexity index is 1210. The summed E-state index contributed by atoms with van der Waals surface area (Å²) < 4.78 is 11.0. The Morgan fingerprint density at radius 2 is 1.84 bits per heavy atom. The van der Waals surface area contributed by atoms with Crippen LogP contribution in [0.1, 0.15) is 91.4 Å². The fourth-order valence-corrected chi connectivity index (χ4v) is 11.0. The van der Waals surface area contributed by atoms with Crippen LogP contribution in [0.2, 0.25) is 0 Å². The van der Waals surface area contributed by atoms with Gasteiger partial charge in [-0.2, -0.15) is 0 Å². The zero-order valence-electron chi connectivity index (χ0n) is 24.2. The lowest BCUT2D eigenvalue weighted by Gasteiger charge is -2.68. The minimum Gasteiger partial charge on any atom is -0.469 e. The van der Waals surface area contributed by atoms with Gasteiger partial charge in [0.25, 0.3) is 0 Å². The third kappa shape index (κ3) is 3.13. The molecule has 0 spiro atoms. The molecule has 0 amide bonds. The van der Waals surface area contributed by atoms with Gasteiger partial charge in [0.15, 0.2) is 5.78 Å². The number of hydrogen-bond donors (Lipinski definition) is 1. The number of nitrogens with zero attached hydrogens (tertiary/aromatic N) is 1. The number of ketones is 1. The molecule has 3 fully saturated rings. The predicted octanol–water partition coefficient (Wildman–Crippen LogP) is 5.67. The van der Waals surface area contributed by atoms with Gasteiger partial charge in [0.2, 0.25) is 0 Å². The number of esters is 1. The van der Waals surface area contributed by atoms with E-state index in [1.807, 2.05) is 12.3 Å². The summed E-state index contributed by atoms with van der Waals surface area (Å²) in [6, 6.07) is 0. The van der Waals surface area contributed by atoms with Gasteiger partial charge in [0, 0.05) is 11.5 Å². The maximum absolute atomic E-state index is 14.4. The molecule has 1 heterocycles. The topological polar surface area (TPSA) is 89.6 Å². The number of rotatable bonds is 2. The largest absolute Gasteiger partial charge is 0.469 e. The van der Waals surface area contributed by atoms with Gasteiger partial charge in [-0.3, -0.25) is 9.59 Å². The van der Waals surface area contributed by atoms with Crippen molar-refractivity contribution >= 4 is 11.8 Å². The average molecular weight is 524 g/mol. The van der Waals surface area contributed by atoms with E-state index in [1.54, 1.807) is 0 Å². The third-order valence-electron chi connectivity index (χ3n) is 12.8. The molecule has 38 heavy (non-hydrogen) atoms. The molecule has 0 radical (unpaired) electrons. The molecule has 1 N–H and O–H groups in total. The molecule has 5 aliphatic rings. The number of allylic oxidation sites excluding steroid dienone is 2. The van der Waals surface area contributed by atoms with Crippen LogP contribution in [0.5, 0.6) is 0 Å². The summed E-state index contributed by atoms with van der Waals surface area (Å²) in [4.78, 5) is 27.4. The summed E-state index contributed by atoms with van der Waals surface area (Å²) in [6.07, 6.45) is 10.3. The maximum atomic E-state index is 14.4. The van der Waals surface area contributed by atoms with E-state index in [2.05, 4.69) is 46.7 Å². The summed E-state index contributed by atoms with van der Waals surface area (Å²) in [6.45, 7) is 13.7. The van der Waals surface area contributed by atoms with Gasteiger partial charge in [0.1, 0.15) is 5.76 Å². The van der Waals surface area contributed by atoms with Crippen molar-refractivity contribution in [2.24, 2.45) is 51.2 Å². The predicted molar refractivity (Wildman–Crippen MR) is 143 cm³/mol. The number of ether oxygens (including phenoxy) is 1. The summed E-state index contributed by atoms with van der Waals surface area (Å²) >= 11 is 0. The molecule has 1 aromatic heterocycles. The van der Waals surface area contributed by atoms with E-state index in [-0.39, 0.29) is 69.6 Å². The van der Waals surface area contributed by atoms with Gasteiger partial charge in [-0.05, 0) is 97.4 Å². The van der Waals surface area contributed by atoms with Crippen molar-refractivity contribution in [1.29, 1.82) is 0 Å². The van der Waals surface area contributed by atoms with Crippen molar-refractivity contribution in [3.8, 4) is 0 Å². The summed E-state index contributed by atoms with van der Waals surface area (Å²) in [5.41, 5.74) is 1.23. The van der Waals surface area contributed by atoms with E-state index in [9.17, 15) is 14.7 Å². The Hall–Kier alpha value is -1.95. The maximum Gasteiger partial charge on any atom is 0.308 e. The SMILES string of the molecule is COC(=O)[C@@H]1CC(C)(C)C[C@@H]2C1CC[C@]1(C)[C@@H]2C(=O)C=C2[C@@]3(C)Cc4cnoc4[C@](C)(CO)[C@@H]3CC[C@]21C. The molecule has 3 saturated carbocycles. The van der Waals surface area contributed by atoms with Gasteiger partial charge in [-0.15, -0.1) is 0 Å². The van der Waals surface area contributed by atoms with E-state index in [1.165, 1.54) is 12.7 Å². The number of methoxy groups -OCH3 is 1. The molecular weight excluding hydrogens is 478 g/mol. The molecular formula is C32H45NO5. The fraction of sp³-hybridized carbons (Fsp3) is 0.781. The van der Waals surface area contributed by atoms with Crippen molar-refractivity contribution < 1.29 is 24.0 Å². The standard InChI is InChI=1S/C32H45NO5/c1-28(2)14-20-19(21(15-28)27(36)37-7)8-10-32(6)25(20)22(35)12-24-29(3)13-18-16-33-38-26(18)30(4,17-34)23(29)9-11-31(24,32)5/h12,16,19-21,23,25,34H,8-11,13-15,17H2,1-7H3/t19?,20-,21-,23-,25+,29+,30-,31-,32-/m1/s1. The fourth-order valence-electron chi connectivity index (χ4n) is 11.0. The summed E-state index contributed by atoms with van der Waals surface area (Å²) in [7, 11) is 1.50. The monoisotopic (exact) mass is 523 g/mol. The van der Waals surface area contributed by atoms with E-state index < -0.39 is 5.41 Å². The second-order valence-electron chi connectivity index (χ2n) is 15.2. The van der Waals surface area contributed by atoms with Crippen LogP contribution in [0, 0.1) is 51.2 Å². The molecule has 6 nitrogen and oxygen atoms in total. The molecule has 5 aliphatic carbocycles. The number of aliphatic hydroxyl groups excluding tert-OH is 1. The molecule has 1 aromatic rings. The molecule has 6 heteroatoms. The van der Waals surface area contributed by atoms with Crippen LogP contribution in [0.15, 0.2) is 22.4 Å². The lowest BCUT2D eigenvalue weighted by molar-refractivity contribution is -0.172.